The van der Waals surface area contributed by atoms with Gasteiger partial charge in [-0.1, -0.05) is 19.3 Å². The third-order valence-corrected chi connectivity index (χ3v) is 7.49. The molecule has 3 heterocycles. The van der Waals surface area contributed by atoms with Crippen LogP contribution < -0.4 is 30.5 Å². The highest BCUT2D eigenvalue weighted by Crippen LogP contribution is 2.39. The van der Waals surface area contributed by atoms with Crippen molar-refractivity contribution in [3.63, 3.8) is 0 Å². The molecule has 1 aromatic carbocycles. The van der Waals surface area contributed by atoms with Crippen LogP contribution in [0.4, 0.5) is 31.9 Å². The van der Waals surface area contributed by atoms with E-state index in [-0.39, 0.29) is 29.6 Å². The van der Waals surface area contributed by atoms with E-state index in [2.05, 4.69) is 25.9 Å². The topological polar surface area (TPSA) is 112 Å². The fourth-order valence-electron chi connectivity index (χ4n) is 5.38. The third kappa shape index (κ3) is 5.22. The number of hydrogen-bond donors (Lipinski definition) is 3. The first kappa shape index (κ1) is 26.1. The van der Waals surface area contributed by atoms with Gasteiger partial charge in [0, 0.05) is 31.2 Å². The summed E-state index contributed by atoms with van der Waals surface area (Å²) in [5.74, 6) is -4.14. The average molecular weight is 530 g/mol. The normalized spacial score (nSPS) is 21.6. The number of carbonyl (C=O) groups excluding carboxylic acids is 2. The van der Waals surface area contributed by atoms with Gasteiger partial charge in [0.05, 0.1) is 25.5 Å². The van der Waals surface area contributed by atoms with E-state index in [1.165, 1.54) is 20.4 Å². The molecule has 1 saturated carbocycles. The highest BCUT2D eigenvalue weighted by molar-refractivity contribution is 6.02. The van der Waals surface area contributed by atoms with Crippen molar-refractivity contribution in [1.82, 2.24) is 20.6 Å². The second kappa shape index (κ2) is 10.7. The zero-order valence-electron chi connectivity index (χ0n) is 21.6. The van der Waals surface area contributed by atoms with Gasteiger partial charge in [0.15, 0.2) is 5.82 Å². The van der Waals surface area contributed by atoms with Crippen LogP contribution in [0, 0.1) is 0 Å². The molecular weight excluding hydrogens is 496 g/mol. The molecule has 10 nitrogen and oxygen atoms in total. The van der Waals surface area contributed by atoms with Crippen molar-refractivity contribution in [2.24, 2.45) is 0 Å². The van der Waals surface area contributed by atoms with Crippen LogP contribution in [0.3, 0.4) is 0 Å². The fourth-order valence-corrected chi connectivity index (χ4v) is 5.38. The van der Waals surface area contributed by atoms with Crippen LogP contribution in [0.5, 0.6) is 5.75 Å². The van der Waals surface area contributed by atoms with Crippen LogP contribution >= 0.6 is 0 Å². The molecule has 2 fully saturated rings. The Balaban J connectivity index is 1.43. The van der Waals surface area contributed by atoms with E-state index in [0.29, 0.717) is 22.8 Å². The van der Waals surface area contributed by atoms with Crippen molar-refractivity contribution in [2.75, 3.05) is 48.9 Å². The van der Waals surface area contributed by atoms with E-state index >= 15 is 0 Å². The summed E-state index contributed by atoms with van der Waals surface area (Å²) in [6, 6.07) is 4.94. The monoisotopic (exact) mass is 529 g/mol. The number of halogens is 2. The van der Waals surface area contributed by atoms with Gasteiger partial charge in [-0.15, -0.1) is 0 Å². The summed E-state index contributed by atoms with van der Waals surface area (Å²) >= 11 is 0. The van der Waals surface area contributed by atoms with Crippen molar-refractivity contribution >= 4 is 35.0 Å². The second-order valence-electron chi connectivity index (χ2n) is 10.1. The van der Waals surface area contributed by atoms with Crippen molar-refractivity contribution in [3.05, 3.63) is 30.0 Å². The molecule has 38 heavy (non-hydrogen) atoms. The summed E-state index contributed by atoms with van der Waals surface area (Å²) in [6.45, 7) is 0.883. The standard InChI is InChI=1S/C26H33F2N7O3/c1-34-20-14-30-25(33-22(20)35(15-26(27,28)24(34)37)18-6-4-3-5-7-18)32-19-9-8-16(12-21(19)38-2)23(36)31-17-10-11-29-13-17/h8-9,12,14,17-18,29H,3-7,10-11,13,15H2,1-2H3,(H,31,36)(H,30,32,33). The molecule has 3 N–H and O–H groups in total. The number of benzene rings is 1. The number of alkyl halides is 2. The van der Waals surface area contributed by atoms with E-state index in [9.17, 15) is 18.4 Å². The van der Waals surface area contributed by atoms with Crippen molar-refractivity contribution in [2.45, 2.75) is 56.5 Å². The average Bonchev–Trinajstić information content (AvgIpc) is 3.42. The zero-order chi connectivity index (χ0) is 26.9. The molecule has 1 saturated heterocycles. The number of nitrogens with one attached hydrogen (secondary N) is 3. The van der Waals surface area contributed by atoms with E-state index in [1.54, 1.807) is 23.1 Å². The lowest BCUT2D eigenvalue weighted by Crippen LogP contribution is -2.49. The number of rotatable bonds is 6. The molecule has 0 bridgehead atoms. The molecule has 204 valence electrons. The van der Waals surface area contributed by atoms with Gasteiger partial charge >= 0.3 is 5.92 Å². The summed E-state index contributed by atoms with van der Waals surface area (Å²) in [6.07, 6.45) is 6.73. The number of ether oxygens (including phenoxy) is 1. The first-order valence-electron chi connectivity index (χ1n) is 13.0. The Morgan fingerprint density at radius 1 is 1.21 bits per heavy atom. The first-order chi connectivity index (χ1) is 18.3. The maximum atomic E-state index is 14.9. The summed E-state index contributed by atoms with van der Waals surface area (Å²) in [5, 5.41) is 9.32. The highest BCUT2D eigenvalue weighted by atomic mass is 19.3. The van der Waals surface area contributed by atoms with E-state index in [1.807, 2.05) is 0 Å². The van der Waals surface area contributed by atoms with Gasteiger partial charge in [-0.25, -0.2) is 4.98 Å². The fraction of sp³-hybridized carbons (Fsp3) is 0.538. The second-order valence-corrected chi connectivity index (χ2v) is 10.1. The van der Waals surface area contributed by atoms with Crippen molar-refractivity contribution in [3.8, 4) is 5.75 Å². The van der Waals surface area contributed by atoms with E-state index < -0.39 is 18.4 Å². The molecule has 2 amide bonds. The molecule has 1 unspecified atom stereocenters. The number of carbonyl (C=O) groups is 2. The number of nitrogens with zero attached hydrogens (tertiary/aromatic N) is 4. The van der Waals surface area contributed by atoms with Gasteiger partial charge < -0.3 is 30.5 Å². The number of anilines is 4. The quantitative estimate of drug-likeness (QED) is 0.524. The van der Waals surface area contributed by atoms with Crippen LogP contribution in [-0.2, 0) is 4.79 Å². The Hall–Kier alpha value is -3.54. The van der Waals surface area contributed by atoms with Gasteiger partial charge in [0.25, 0.3) is 11.8 Å². The molecule has 2 aliphatic heterocycles. The molecule has 5 rings (SSSR count). The van der Waals surface area contributed by atoms with Gasteiger partial charge in [0.2, 0.25) is 5.95 Å². The number of amides is 2. The third-order valence-electron chi connectivity index (χ3n) is 7.49. The molecule has 1 aromatic heterocycles. The van der Waals surface area contributed by atoms with Gasteiger partial charge in [-0.3, -0.25) is 9.59 Å². The molecule has 1 aliphatic carbocycles. The predicted molar refractivity (Wildman–Crippen MR) is 140 cm³/mol. The minimum atomic E-state index is -3.55. The molecular formula is C26H33F2N7O3. The molecule has 3 aliphatic rings. The number of methoxy groups -OCH3 is 1. The van der Waals surface area contributed by atoms with Gasteiger partial charge in [-0.2, -0.15) is 13.8 Å². The minimum Gasteiger partial charge on any atom is -0.495 e. The largest absolute Gasteiger partial charge is 0.495 e. The molecule has 12 heteroatoms. The lowest BCUT2D eigenvalue weighted by atomic mass is 9.94. The molecule has 0 radical (unpaired) electrons. The van der Waals surface area contributed by atoms with Gasteiger partial charge in [0.1, 0.15) is 11.4 Å². The summed E-state index contributed by atoms with van der Waals surface area (Å²) in [5.41, 5.74) is 1.20. The molecule has 1 atom stereocenters. The van der Waals surface area contributed by atoms with Crippen LogP contribution in [0.2, 0.25) is 0 Å². The van der Waals surface area contributed by atoms with E-state index in [0.717, 1.165) is 56.5 Å². The zero-order valence-corrected chi connectivity index (χ0v) is 21.6. The predicted octanol–water partition coefficient (Wildman–Crippen LogP) is 3.07. The van der Waals surface area contributed by atoms with Crippen LogP contribution in [-0.4, -0.2) is 73.6 Å². The van der Waals surface area contributed by atoms with Crippen molar-refractivity contribution in [1.29, 1.82) is 0 Å². The highest BCUT2D eigenvalue weighted by Gasteiger charge is 2.48. The Morgan fingerprint density at radius 2 is 2.00 bits per heavy atom. The molecule has 0 spiro atoms. The maximum absolute atomic E-state index is 14.9. The number of aromatic nitrogens is 2. The summed E-state index contributed by atoms with van der Waals surface area (Å²) < 4.78 is 35.3. The van der Waals surface area contributed by atoms with Gasteiger partial charge in [-0.05, 0) is 44.0 Å². The van der Waals surface area contributed by atoms with Crippen LogP contribution in [0.15, 0.2) is 24.4 Å². The Morgan fingerprint density at radius 3 is 2.71 bits per heavy atom. The minimum absolute atomic E-state index is 0.0868. The summed E-state index contributed by atoms with van der Waals surface area (Å²) in [4.78, 5) is 36.7. The maximum Gasteiger partial charge on any atom is 0.342 e. The number of hydrogen-bond acceptors (Lipinski definition) is 8. The Kier molecular flexibility index (Phi) is 7.33. The lowest BCUT2D eigenvalue weighted by Gasteiger charge is -2.35. The van der Waals surface area contributed by atoms with Crippen LogP contribution in [0.25, 0.3) is 0 Å². The van der Waals surface area contributed by atoms with Crippen molar-refractivity contribution < 1.29 is 23.1 Å². The summed E-state index contributed by atoms with van der Waals surface area (Å²) in [7, 11) is 2.82. The number of fused-ring (bicyclic) bond motifs is 1. The van der Waals surface area contributed by atoms with Crippen LogP contribution in [0.1, 0.15) is 48.9 Å². The Bertz CT molecular complexity index is 1200. The Labute approximate surface area is 220 Å². The first-order valence-corrected chi connectivity index (χ1v) is 13.0. The molecule has 2 aromatic rings. The SMILES string of the molecule is COc1cc(C(=O)NC2CCNC2)ccc1Nc1ncc2c(n1)N(C1CCCCC1)CC(F)(F)C(=O)N2C. The van der Waals surface area contributed by atoms with E-state index in [4.69, 9.17) is 4.74 Å². The smallest absolute Gasteiger partial charge is 0.342 e. The lowest BCUT2D eigenvalue weighted by molar-refractivity contribution is -0.140.